The van der Waals surface area contributed by atoms with Crippen molar-refractivity contribution in [1.82, 2.24) is 19.5 Å². The van der Waals surface area contributed by atoms with Gasteiger partial charge in [0.1, 0.15) is 24.1 Å². The van der Waals surface area contributed by atoms with Crippen LogP contribution in [-0.2, 0) is 13.8 Å². The first-order chi connectivity index (χ1) is 11.7. The molecule has 1 fully saturated rings. The first kappa shape index (κ1) is 18.1. The molecule has 12 nitrogen and oxygen atoms in total. The lowest BCUT2D eigenvalue weighted by Gasteiger charge is -2.16. The van der Waals surface area contributed by atoms with Crippen LogP contribution in [0.1, 0.15) is 12.1 Å². The van der Waals surface area contributed by atoms with Gasteiger partial charge in [-0.25, -0.2) is 19.5 Å². The molecule has 0 amide bonds. The van der Waals surface area contributed by atoms with E-state index in [9.17, 15) is 14.8 Å². The molecule has 1 aliphatic heterocycles. The summed E-state index contributed by atoms with van der Waals surface area (Å²) in [6.45, 7) is 1.11. The third-order valence-corrected chi connectivity index (χ3v) is 4.27. The van der Waals surface area contributed by atoms with E-state index in [1.165, 1.54) is 10.9 Å². The Balaban J connectivity index is 1.90. The van der Waals surface area contributed by atoms with Crippen LogP contribution in [0.4, 0.5) is 5.82 Å². The predicted octanol–water partition coefficient (Wildman–Crippen LogP) is -1.10. The van der Waals surface area contributed by atoms with Gasteiger partial charge in [-0.15, -0.1) is 0 Å². The Labute approximate surface area is 141 Å². The molecule has 2 aromatic rings. The van der Waals surface area contributed by atoms with Crippen LogP contribution in [0.2, 0.25) is 0 Å². The van der Waals surface area contributed by atoms with E-state index < -0.39 is 39.0 Å². The number of phosphoric acid groups is 1. The molecule has 3 heterocycles. The summed E-state index contributed by atoms with van der Waals surface area (Å²) in [7, 11) is -3.04. The second-order valence-corrected chi connectivity index (χ2v) is 6.77. The fourth-order valence-corrected chi connectivity index (χ4v) is 2.99. The van der Waals surface area contributed by atoms with Crippen LogP contribution in [0.3, 0.4) is 0 Å². The number of ether oxygens (including phenoxy) is 1. The molecule has 0 saturated carbocycles. The number of aryl methyl sites for hydroxylation is 1. The molecule has 0 unspecified atom stereocenters. The SMILES string of the molecule is CNc1nc(C)nc2c1ncn2[C@@H]1O[C@H](COP(=O)(O)O)[C@@H](O)[C@H]1O. The summed E-state index contributed by atoms with van der Waals surface area (Å²) in [4.78, 5) is 30.2. The predicted molar refractivity (Wildman–Crippen MR) is 83.5 cm³/mol. The number of hydrogen-bond donors (Lipinski definition) is 5. The van der Waals surface area contributed by atoms with Crippen molar-refractivity contribution in [3.63, 3.8) is 0 Å². The Morgan fingerprint density at radius 2 is 2.08 bits per heavy atom. The van der Waals surface area contributed by atoms with E-state index in [1.54, 1.807) is 14.0 Å². The van der Waals surface area contributed by atoms with Crippen molar-refractivity contribution in [1.29, 1.82) is 0 Å². The highest BCUT2D eigenvalue weighted by Gasteiger charge is 2.45. The Bertz CT molecular complexity index is 824. The van der Waals surface area contributed by atoms with Gasteiger partial charge < -0.3 is 30.1 Å². The molecule has 4 atom stereocenters. The summed E-state index contributed by atoms with van der Waals surface area (Å²) >= 11 is 0. The quantitative estimate of drug-likeness (QED) is 0.402. The summed E-state index contributed by atoms with van der Waals surface area (Å²) in [6.07, 6.45) is -3.56. The van der Waals surface area contributed by atoms with Gasteiger partial charge >= 0.3 is 7.82 Å². The Hall–Kier alpha value is -1.66. The minimum Gasteiger partial charge on any atom is -0.387 e. The number of fused-ring (bicyclic) bond motifs is 1. The highest BCUT2D eigenvalue weighted by molar-refractivity contribution is 7.46. The van der Waals surface area contributed by atoms with Crippen molar-refractivity contribution in [3.8, 4) is 0 Å². The molecule has 0 aliphatic carbocycles. The zero-order valence-corrected chi connectivity index (χ0v) is 14.2. The Morgan fingerprint density at radius 3 is 2.72 bits per heavy atom. The minimum atomic E-state index is -4.72. The number of rotatable bonds is 5. The summed E-state index contributed by atoms with van der Waals surface area (Å²) in [5.41, 5.74) is 0.831. The van der Waals surface area contributed by atoms with Crippen molar-refractivity contribution in [2.24, 2.45) is 0 Å². The zero-order valence-electron chi connectivity index (χ0n) is 13.3. The molecule has 1 aliphatic rings. The van der Waals surface area contributed by atoms with Gasteiger partial charge in [-0.1, -0.05) is 0 Å². The van der Waals surface area contributed by atoms with Gasteiger partial charge in [0, 0.05) is 7.05 Å². The van der Waals surface area contributed by atoms with Crippen LogP contribution in [0.5, 0.6) is 0 Å². The van der Waals surface area contributed by atoms with E-state index in [0.717, 1.165) is 0 Å². The lowest BCUT2D eigenvalue weighted by atomic mass is 10.1. The van der Waals surface area contributed by atoms with Crippen molar-refractivity contribution < 1.29 is 33.8 Å². The number of aliphatic hydroxyl groups excluding tert-OH is 2. The smallest absolute Gasteiger partial charge is 0.387 e. The maximum atomic E-state index is 10.8. The average Bonchev–Trinajstić information content (AvgIpc) is 3.06. The number of nitrogens with one attached hydrogen (secondary N) is 1. The van der Waals surface area contributed by atoms with E-state index in [4.69, 9.17) is 14.5 Å². The summed E-state index contributed by atoms with van der Waals surface area (Å²) in [5, 5.41) is 23.2. The van der Waals surface area contributed by atoms with E-state index >= 15 is 0 Å². The first-order valence-corrected chi connectivity index (χ1v) is 8.85. The molecule has 13 heteroatoms. The van der Waals surface area contributed by atoms with Gasteiger partial charge in [0.05, 0.1) is 12.9 Å². The molecule has 138 valence electrons. The minimum absolute atomic E-state index is 0.379. The lowest BCUT2D eigenvalue weighted by molar-refractivity contribution is -0.0504. The van der Waals surface area contributed by atoms with Crippen LogP contribution >= 0.6 is 7.82 Å². The summed E-state index contributed by atoms with van der Waals surface area (Å²) in [6, 6.07) is 0. The number of hydrogen-bond acceptors (Lipinski definition) is 9. The molecule has 25 heavy (non-hydrogen) atoms. The maximum Gasteiger partial charge on any atom is 0.469 e. The fourth-order valence-electron chi connectivity index (χ4n) is 2.65. The van der Waals surface area contributed by atoms with Gasteiger partial charge in [0.15, 0.2) is 23.2 Å². The molecule has 5 N–H and O–H groups in total. The second kappa shape index (κ2) is 6.57. The molecule has 0 spiro atoms. The largest absolute Gasteiger partial charge is 0.469 e. The van der Waals surface area contributed by atoms with Crippen molar-refractivity contribution in [3.05, 3.63) is 12.2 Å². The monoisotopic (exact) mass is 375 g/mol. The normalized spacial score (nSPS) is 27.1. The fraction of sp³-hybridized carbons (Fsp3) is 0.583. The highest BCUT2D eigenvalue weighted by Crippen LogP contribution is 2.38. The van der Waals surface area contributed by atoms with Crippen molar-refractivity contribution in [2.75, 3.05) is 19.0 Å². The molecule has 0 radical (unpaired) electrons. The number of phosphoric ester groups is 1. The van der Waals surface area contributed by atoms with Crippen LogP contribution in [0.25, 0.3) is 11.2 Å². The summed E-state index contributed by atoms with van der Waals surface area (Å²) in [5.74, 6) is 0.962. The van der Waals surface area contributed by atoms with Crippen LogP contribution < -0.4 is 5.32 Å². The Kier molecular flexibility index (Phi) is 4.77. The van der Waals surface area contributed by atoms with Gasteiger partial charge in [-0.05, 0) is 6.92 Å². The zero-order chi connectivity index (χ0) is 18.4. The maximum absolute atomic E-state index is 10.8. The Morgan fingerprint density at radius 1 is 1.36 bits per heavy atom. The highest BCUT2D eigenvalue weighted by atomic mass is 31.2. The third-order valence-electron chi connectivity index (χ3n) is 3.79. The molecule has 1 saturated heterocycles. The van der Waals surface area contributed by atoms with Crippen LogP contribution in [-0.4, -0.2) is 71.5 Å². The lowest BCUT2D eigenvalue weighted by Crippen LogP contribution is -2.33. The number of aromatic nitrogens is 4. The van der Waals surface area contributed by atoms with Crippen molar-refractivity contribution >= 4 is 24.8 Å². The molecule has 3 rings (SSSR count). The molecule has 0 aromatic carbocycles. The molecular formula is C12H18N5O7P. The van der Waals surface area contributed by atoms with E-state index in [-0.39, 0.29) is 0 Å². The van der Waals surface area contributed by atoms with E-state index in [0.29, 0.717) is 22.8 Å². The molecular weight excluding hydrogens is 357 g/mol. The van der Waals surface area contributed by atoms with Gasteiger partial charge in [-0.2, -0.15) is 0 Å². The number of nitrogens with zero attached hydrogens (tertiary/aromatic N) is 4. The van der Waals surface area contributed by atoms with Gasteiger partial charge in [0.25, 0.3) is 0 Å². The summed E-state index contributed by atoms with van der Waals surface area (Å²) < 4.78 is 22.1. The van der Waals surface area contributed by atoms with Gasteiger partial charge in [-0.3, -0.25) is 9.09 Å². The number of aliphatic hydroxyl groups is 2. The van der Waals surface area contributed by atoms with Crippen molar-refractivity contribution in [2.45, 2.75) is 31.5 Å². The second-order valence-electron chi connectivity index (χ2n) is 5.53. The number of imidazole rings is 1. The van der Waals surface area contributed by atoms with E-state index in [2.05, 4.69) is 24.8 Å². The van der Waals surface area contributed by atoms with Crippen LogP contribution in [0, 0.1) is 6.92 Å². The molecule has 2 aromatic heterocycles. The molecule has 0 bridgehead atoms. The average molecular weight is 375 g/mol. The first-order valence-electron chi connectivity index (χ1n) is 7.32. The third kappa shape index (κ3) is 3.51. The topological polar surface area (TPSA) is 172 Å². The number of anilines is 1. The standard InChI is InChI=1S/C12H18N5O7P/c1-5-15-10(13-2)7-11(16-5)17(4-14-7)12-9(19)8(18)6(24-12)3-23-25(20,21)22/h4,6,8-9,12,18-19H,3H2,1-2H3,(H,13,15,16)(H2,20,21,22)/t6-,8-,9-,12-/m1/s1. The van der Waals surface area contributed by atoms with Gasteiger partial charge in [0.2, 0.25) is 0 Å². The van der Waals surface area contributed by atoms with E-state index in [1.807, 2.05) is 0 Å². The van der Waals surface area contributed by atoms with Crippen LogP contribution in [0.15, 0.2) is 6.33 Å².